The average Bonchev–Trinajstić information content (AvgIpc) is 3.33. The highest BCUT2D eigenvalue weighted by Gasteiger charge is 2.19. The predicted octanol–water partition coefficient (Wildman–Crippen LogP) is 3.78. The Morgan fingerprint density at radius 1 is 1.16 bits per heavy atom. The summed E-state index contributed by atoms with van der Waals surface area (Å²) in [5, 5.41) is 2.98. The minimum atomic E-state index is -0.160. The van der Waals surface area contributed by atoms with Gasteiger partial charge in [-0.25, -0.2) is 0 Å². The molecule has 0 unspecified atom stereocenters. The Morgan fingerprint density at radius 3 is 2.68 bits per heavy atom. The van der Waals surface area contributed by atoms with E-state index in [1.807, 2.05) is 72.4 Å². The third kappa shape index (κ3) is 4.32. The van der Waals surface area contributed by atoms with Gasteiger partial charge in [0.2, 0.25) is 5.91 Å². The fraction of sp³-hybridized carbons (Fsp3) is 0.250. The van der Waals surface area contributed by atoms with Gasteiger partial charge < -0.3 is 19.0 Å². The Kier molecular flexibility index (Phi) is 5.57. The first-order valence-electron chi connectivity index (χ1n) is 8.41. The Bertz CT molecular complexity index is 745. The number of amides is 1. The summed E-state index contributed by atoms with van der Waals surface area (Å²) >= 11 is 0. The quantitative estimate of drug-likeness (QED) is 0.680. The molecule has 5 heteroatoms. The molecular weight excluding hydrogens is 316 g/mol. The minimum absolute atomic E-state index is 0.0404. The highest BCUT2D eigenvalue weighted by Crippen LogP contribution is 2.23. The molecule has 1 amide bonds. The van der Waals surface area contributed by atoms with Gasteiger partial charge in [-0.2, -0.15) is 0 Å². The Morgan fingerprint density at radius 2 is 1.96 bits per heavy atom. The van der Waals surface area contributed by atoms with Crippen LogP contribution in [-0.4, -0.2) is 17.1 Å². The molecular formula is C20H22N2O3. The highest BCUT2D eigenvalue weighted by molar-refractivity contribution is 5.76. The lowest BCUT2D eigenvalue weighted by Gasteiger charge is -2.17. The number of ether oxygens (including phenoxy) is 1. The smallest absolute Gasteiger partial charge is 0.222 e. The summed E-state index contributed by atoms with van der Waals surface area (Å²) < 4.78 is 13.1. The van der Waals surface area contributed by atoms with Gasteiger partial charge in [-0.1, -0.05) is 18.2 Å². The topological polar surface area (TPSA) is 56.4 Å². The Hall–Kier alpha value is -2.95. The summed E-state index contributed by atoms with van der Waals surface area (Å²) in [6.45, 7) is 2.98. The first kappa shape index (κ1) is 16.9. The van der Waals surface area contributed by atoms with E-state index in [1.165, 1.54) is 0 Å². The third-order valence-corrected chi connectivity index (χ3v) is 3.99. The molecule has 0 saturated heterocycles. The van der Waals surface area contributed by atoms with Crippen molar-refractivity contribution in [2.24, 2.45) is 0 Å². The van der Waals surface area contributed by atoms with Crippen LogP contribution in [0.1, 0.15) is 30.7 Å². The first-order chi connectivity index (χ1) is 12.3. The van der Waals surface area contributed by atoms with Crippen molar-refractivity contribution < 1.29 is 13.9 Å². The zero-order valence-electron chi connectivity index (χ0n) is 14.2. The van der Waals surface area contributed by atoms with E-state index < -0.39 is 0 Å². The van der Waals surface area contributed by atoms with Gasteiger partial charge in [-0.15, -0.1) is 0 Å². The second-order valence-corrected chi connectivity index (χ2v) is 5.68. The van der Waals surface area contributed by atoms with Gasteiger partial charge in [-0.3, -0.25) is 4.79 Å². The van der Waals surface area contributed by atoms with Crippen LogP contribution in [0.25, 0.3) is 0 Å². The summed E-state index contributed by atoms with van der Waals surface area (Å²) in [6.07, 6.45) is 5.80. The lowest BCUT2D eigenvalue weighted by atomic mass is 10.1. The minimum Gasteiger partial charge on any atom is -0.494 e. The second kappa shape index (κ2) is 8.24. The number of benzene rings is 1. The highest BCUT2D eigenvalue weighted by atomic mass is 16.5. The number of nitrogens with one attached hydrogen (secondary N) is 1. The van der Waals surface area contributed by atoms with Crippen molar-refractivity contribution in [1.29, 1.82) is 0 Å². The number of furan rings is 1. The number of rotatable bonds is 8. The molecule has 25 heavy (non-hydrogen) atoms. The van der Waals surface area contributed by atoms with E-state index in [0.29, 0.717) is 19.6 Å². The van der Waals surface area contributed by atoms with Crippen molar-refractivity contribution in [1.82, 2.24) is 9.88 Å². The largest absolute Gasteiger partial charge is 0.494 e. The monoisotopic (exact) mass is 338 g/mol. The second-order valence-electron chi connectivity index (χ2n) is 5.68. The van der Waals surface area contributed by atoms with E-state index in [0.717, 1.165) is 17.1 Å². The molecule has 0 radical (unpaired) electrons. The maximum Gasteiger partial charge on any atom is 0.222 e. The normalized spacial score (nSPS) is 11.9. The van der Waals surface area contributed by atoms with Crippen LogP contribution >= 0.6 is 0 Å². The number of nitrogens with zero attached hydrogens (tertiary/aromatic N) is 1. The maximum atomic E-state index is 12.5. The fourth-order valence-electron chi connectivity index (χ4n) is 2.78. The van der Waals surface area contributed by atoms with E-state index in [1.54, 1.807) is 6.26 Å². The van der Waals surface area contributed by atoms with Crippen LogP contribution in [-0.2, 0) is 11.3 Å². The van der Waals surface area contributed by atoms with Crippen LogP contribution in [0.4, 0.5) is 0 Å². The molecule has 3 rings (SSSR count). The first-order valence-corrected chi connectivity index (χ1v) is 8.41. The van der Waals surface area contributed by atoms with Gasteiger partial charge in [0.1, 0.15) is 11.5 Å². The molecule has 3 aromatic rings. The third-order valence-electron chi connectivity index (χ3n) is 3.99. The lowest BCUT2D eigenvalue weighted by molar-refractivity contribution is -0.121. The van der Waals surface area contributed by atoms with Gasteiger partial charge in [0.25, 0.3) is 0 Å². The number of hydrogen-bond acceptors (Lipinski definition) is 3. The van der Waals surface area contributed by atoms with Crippen LogP contribution in [0.3, 0.4) is 0 Å². The van der Waals surface area contributed by atoms with Gasteiger partial charge >= 0.3 is 0 Å². The van der Waals surface area contributed by atoms with Crippen molar-refractivity contribution in [2.75, 3.05) is 6.61 Å². The summed E-state index contributed by atoms with van der Waals surface area (Å²) in [7, 11) is 0. The van der Waals surface area contributed by atoms with Crippen LogP contribution in [0.5, 0.6) is 5.75 Å². The summed E-state index contributed by atoms with van der Waals surface area (Å²) in [4.78, 5) is 12.5. The molecule has 0 aliphatic carbocycles. The van der Waals surface area contributed by atoms with Gasteiger partial charge in [0.15, 0.2) is 0 Å². The lowest BCUT2D eigenvalue weighted by Crippen LogP contribution is -2.26. The number of hydrogen-bond donors (Lipinski definition) is 1. The molecule has 130 valence electrons. The predicted molar refractivity (Wildman–Crippen MR) is 95.4 cm³/mol. The average molecular weight is 338 g/mol. The van der Waals surface area contributed by atoms with Crippen molar-refractivity contribution in [3.05, 3.63) is 78.5 Å². The van der Waals surface area contributed by atoms with Crippen LogP contribution in [0.2, 0.25) is 0 Å². The molecule has 2 aromatic heterocycles. The molecule has 0 bridgehead atoms. The molecule has 1 aromatic carbocycles. The van der Waals surface area contributed by atoms with E-state index >= 15 is 0 Å². The van der Waals surface area contributed by atoms with E-state index in [4.69, 9.17) is 9.15 Å². The fourth-order valence-corrected chi connectivity index (χ4v) is 2.78. The van der Waals surface area contributed by atoms with Gasteiger partial charge in [0, 0.05) is 24.5 Å². The maximum absolute atomic E-state index is 12.5. The zero-order valence-corrected chi connectivity index (χ0v) is 14.2. The van der Waals surface area contributed by atoms with E-state index in [2.05, 4.69) is 5.32 Å². The summed E-state index contributed by atoms with van der Waals surface area (Å²) in [5.74, 6) is 1.53. The molecule has 0 spiro atoms. The van der Waals surface area contributed by atoms with Crippen LogP contribution in [0.15, 0.2) is 71.6 Å². The van der Waals surface area contributed by atoms with Crippen LogP contribution < -0.4 is 10.1 Å². The summed E-state index contributed by atoms with van der Waals surface area (Å²) in [6, 6.07) is 15.2. The number of carbonyl (C=O) groups excluding carboxylic acids is 1. The van der Waals surface area contributed by atoms with Crippen LogP contribution in [0, 0.1) is 0 Å². The SMILES string of the molecule is CCOc1ccccc1CNC(=O)C[C@H](c1ccco1)n1cccc1. The molecule has 0 saturated carbocycles. The van der Waals surface area contributed by atoms with E-state index in [-0.39, 0.29) is 11.9 Å². The van der Waals surface area contributed by atoms with E-state index in [9.17, 15) is 4.79 Å². The standard InChI is InChI=1S/C20H22N2O3/c1-2-24-18-9-4-3-8-16(18)15-21-20(23)14-17(19-10-7-13-25-19)22-11-5-6-12-22/h3-13,17H,2,14-15H2,1H3,(H,21,23)/t17-/m1/s1. The van der Waals surface area contributed by atoms with Crippen molar-refractivity contribution in [3.8, 4) is 5.75 Å². The molecule has 0 aliphatic heterocycles. The molecule has 0 aliphatic rings. The summed E-state index contributed by atoms with van der Waals surface area (Å²) in [5.41, 5.74) is 0.966. The Balaban J connectivity index is 1.65. The van der Waals surface area contributed by atoms with Gasteiger partial charge in [-0.05, 0) is 37.3 Å². The molecule has 5 nitrogen and oxygen atoms in total. The molecule has 2 heterocycles. The number of para-hydroxylation sites is 1. The molecule has 1 N–H and O–H groups in total. The van der Waals surface area contributed by atoms with Crippen molar-refractivity contribution in [3.63, 3.8) is 0 Å². The number of aromatic nitrogens is 1. The molecule has 0 fully saturated rings. The molecule has 1 atom stereocenters. The number of carbonyl (C=O) groups is 1. The zero-order chi connectivity index (χ0) is 17.5. The van der Waals surface area contributed by atoms with Crippen molar-refractivity contribution >= 4 is 5.91 Å². The van der Waals surface area contributed by atoms with Gasteiger partial charge in [0.05, 0.1) is 25.3 Å². The Labute approximate surface area is 147 Å². The van der Waals surface area contributed by atoms with Crippen molar-refractivity contribution in [2.45, 2.75) is 25.9 Å².